The smallest absolute Gasteiger partial charge is 0.328 e. The third kappa shape index (κ3) is 3.04. The molecule has 2 rings (SSSR count). The molecule has 1 N–H and O–H groups in total. The summed E-state index contributed by atoms with van der Waals surface area (Å²) in [5.74, 6) is -2.14. The average molecular weight is 260 g/mol. The zero-order valence-electron chi connectivity index (χ0n) is 9.81. The van der Waals surface area contributed by atoms with Crippen molar-refractivity contribution in [2.75, 3.05) is 0 Å². The highest BCUT2D eigenvalue weighted by Crippen LogP contribution is 2.25. The van der Waals surface area contributed by atoms with Crippen LogP contribution in [0.25, 0.3) is 17.2 Å². The van der Waals surface area contributed by atoms with E-state index in [9.17, 15) is 13.6 Å². The SMILES string of the molecule is O=C(O)/C=C/c1cc(-c2ccccc2F)ccc1F. The van der Waals surface area contributed by atoms with Crippen LogP contribution < -0.4 is 0 Å². The predicted octanol–water partition coefficient (Wildman–Crippen LogP) is 3.73. The molecule has 0 saturated carbocycles. The standard InChI is InChI=1S/C15H10F2O2/c16-13-7-5-10(9-11(13)6-8-15(18)19)12-3-1-2-4-14(12)17/h1-9H,(H,18,19)/b8-6+. The lowest BCUT2D eigenvalue weighted by atomic mass is 10.0. The second-order valence-electron chi connectivity index (χ2n) is 3.89. The van der Waals surface area contributed by atoms with Gasteiger partial charge in [-0.15, -0.1) is 0 Å². The molecule has 0 aliphatic heterocycles. The van der Waals surface area contributed by atoms with Crippen LogP contribution in [0.4, 0.5) is 8.78 Å². The summed E-state index contributed by atoms with van der Waals surface area (Å²) in [4.78, 5) is 10.4. The summed E-state index contributed by atoms with van der Waals surface area (Å²) in [6.45, 7) is 0. The number of hydrogen-bond donors (Lipinski definition) is 1. The van der Waals surface area contributed by atoms with Gasteiger partial charge < -0.3 is 5.11 Å². The third-order valence-electron chi connectivity index (χ3n) is 2.59. The highest BCUT2D eigenvalue weighted by molar-refractivity contribution is 5.85. The highest BCUT2D eigenvalue weighted by Gasteiger charge is 2.07. The van der Waals surface area contributed by atoms with Crippen molar-refractivity contribution in [1.82, 2.24) is 0 Å². The minimum atomic E-state index is -1.17. The van der Waals surface area contributed by atoms with Gasteiger partial charge in [-0.2, -0.15) is 0 Å². The number of carbonyl (C=O) groups is 1. The molecule has 0 unspecified atom stereocenters. The molecule has 2 aromatic carbocycles. The molecular formula is C15H10F2O2. The maximum absolute atomic E-state index is 13.6. The molecule has 0 atom stereocenters. The number of benzene rings is 2. The normalized spacial score (nSPS) is 10.8. The quantitative estimate of drug-likeness (QED) is 0.854. The summed E-state index contributed by atoms with van der Waals surface area (Å²) in [5.41, 5.74) is 0.931. The summed E-state index contributed by atoms with van der Waals surface area (Å²) < 4.78 is 27.1. The lowest BCUT2D eigenvalue weighted by Crippen LogP contribution is -1.90. The van der Waals surface area contributed by atoms with Crippen molar-refractivity contribution in [1.29, 1.82) is 0 Å². The molecule has 0 heterocycles. The molecule has 96 valence electrons. The Labute approximate surface area is 108 Å². The first-order chi connectivity index (χ1) is 9.08. The number of halogens is 2. The number of rotatable bonds is 3. The number of aliphatic carboxylic acids is 1. The van der Waals surface area contributed by atoms with Crippen molar-refractivity contribution in [2.45, 2.75) is 0 Å². The van der Waals surface area contributed by atoms with Crippen LogP contribution in [0.15, 0.2) is 48.5 Å². The maximum Gasteiger partial charge on any atom is 0.328 e. The summed E-state index contributed by atoms with van der Waals surface area (Å²) in [7, 11) is 0. The first-order valence-electron chi connectivity index (χ1n) is 5.53. The molecule has 0 aromatic heterocycles. The van der Waals surface area contributed by atoms with Crippen molar-refractivity contribution >= 4 is 12.0 Å². The largest absolute Gasteiger partial charge is 0.478 e. The van der Waals surface area contributed by atoms with Gasteiger partial charge in [0.2, 0.25) is 0 Å². The van der Waals surface area contributed by atoms with Crippen LogP contribution in [0.3, 0.4) is 0 Å². The lowest BCUT2D eigenvalue weighted by molar-refractivity contribution is -0.131. The number of carboxylic acids is 1. The van der Waals surface area contributed by atoms with Crippen molar-refractivity contribution in [2.24, 2.45) is 0 Å². The molecular weight excluding hydrogens is 250 g/mol. The first kappa shape index (κ1) is 13.0. The summed E-state index contributed by atoms with van der Waals surface area (Å²) in [6.07, 6.45) is 1.98. The van der Waals surface area contributed by atoms with Crippen molar-refractivity contribution in [3.63, 3.8) is 0 Å². The van der Waals surface area contributed by atoms with E-state index in [1.165, 1.54) is 24.3 Å². The Hall–Kier alpha value is -2.49. The molecule has 4 heteroatoms. The fraction of sp³-hybridized carbons (Fsp3) is 0. The summed E-state index contributed by atoms with van der Waals surface area (Å²) in [6, 6.07) is 10.2. The fourth-order valence-corrected chi connectivity index (χ4v) is 1.70. The van der Waals surface area contributed by atoms with Crippen LogP contribution in [-0.4, -0.2) is 11.1 Å². The lowest BCUT2D eigenvalue weighted by Gasteiger charge is -2.05. The van der Waals surface area contributed by atoms with Gasteiger partial charge in [0.05, 0.1) is 0 Å². The monoisotopic (exact) mass is 260 g/mol. The van der Waals surface area contributed by atoms with E-state index in [0.29, 0.717) is 11.1 Å². The van der Waals surface area contributed by atoms with Gasteiger partial charge in [-0.1, -0.05) is 24.3 Å². The van der Waals surface area contributed by atoms with Crippen molar-refractivity contribution in [3.05, 3.63) is 65.7 Å². The van der Waals surface area contributed by atoms with Gasteiger partial charge in [-0.25, -0.2) is 13.6 Å². The molecule has 0 bridgehead atoms. The Morgan fingerprint density at radius 1 is 1.05 bits per heavy atom. The van der Waals surface area contributed by atoms with Gasteiger partial charge in [-0.3, -0.25) is 0 Å². The molecule has 0 amide bonds. The Kier molecular flexibility index (Phi) is 3.71. The Morgan fingerprint density at radius 3 is 2.47 bits per heavy atom. The van der Waals surface area contributed by atoms with Crippen LogP contribution >= 0.6 is 0 Å². The van der Waals surface area contributed by atoms with Crippen LogP contribution in [-0.2, 0) is 4.79 Å². The number of carboxylic acid groups (broad SMARTS) is 1. The van der Waals surface area contributed by atoms with Gasteiger partial charge >= 0.3 is 5.97 Å². The molecule has 0 fully saturated rings. The van der Waals surface area contributed by atoms with Gasteiger partial charge in [0.15, 0.2) is 0 Å². The predicted molar refractivity (Wildman–Crippen MR) is 68.5 cm³/mol. The molecule has 0 spiro atoms. The highest BCUT2D eigenvalue weighted by atomic mass is 19.1. The van der Waals surface area contributed by atoms with E-state index in [1.807, 2.05) is 0 Å². The summed E-state index contributed by atoms with van der Waals surface area (Å²) >= 11 is 0. The molecule has 19 heavy (non-hydrogen) atoms. The van der Waals surface area contributed by atoms with Gasteiger partial charge in [0.1, 0.15) is 11.6 Å². The van der Waals surface area contributed by atoms with E-state index < -0.39 is 17.6 Å². The van der Waals surface area contributed by atoms with E-state index in [1.54, 1.807) is 18.2 Å². The second kappa shape index (κ2) is 5.44. The minimum absolute atomic E-state index is 0.100. The molecule has 2 nitrogen and oxygen atoms in total. The van der Waals surface area contributed by atoms with Crippen molar-refractivity contribution < 1.29 is 18.7 Å². The molecule has 0 aliphatic rings. The van der Waals surface area contributed by atoms with Crippen LogP contribution in [0.5, 0.6) is 0 Å². The van der Waals surface area contributed by atoms with E-state index in [-0.39, 0.29) is 5.56 Å². The van der Waals surface area contributed by atoms with E-state index in [0.717, 1.165) is 12.2 Å². The van der Waals surface area contributed by atoms with Crippen LogP contribution in [0.2, 0.25) is 0 Å². The molecule has 0 saturated heterocycles. The van der Waals surface area contributed by atoms with Gasteiger partial charge in [0, 0.05) is 17.2 Å². The Morgan fingerprint density at radius 2 is 1.79 bits per heavy atom. The topological polar surface area (TPSA) is 37.3 Å². The van der Waals surface area contributed by atoms with Gasteiger partial charge in [-0.05, 0) is 29.8 Å². The average Bonchev–Trinajstić information content (AvgIpc) is 2.38. The number of hydrogen-bond acceptors (Lipinski definition) is 1. The van der Waals surface area contributed by atoms with Crippen LogP contribution in [0.1, 0.15) is 5.56 Å². The molecule has 0 radical (unpaired) electrons. The van der Waals surface area contributed by atoms with Crippen molar-refractivity contribution in [3.8, 4) is 11.1 Å². The minimum Gasteiger partial charge on any atom is -0.478 e. The summed E-state index contributed by atoms with van der Waals surface area (Å²) in [5, 5.41) is 8.53. The van der Waals surface area contributed by atoms with E-state index in [2.05, 4.69) is 0 Å². The third-order valence-corrected chi connectivity index (χ3v) is 2.59. The fourth-order valence-electron chi connectivity index (χ4n) is 1.70. The van der Waals surface area contributed by atoms with Gasteiger partial charge in [0.25, 0.3) is 0 Å². The maximum atomic E-state index is 13.6. The Bertz CT molecular complexity index is 648. The van der Waals surface area contributed by atoms with Crippen LogP contribution in [0, 0.1) is 11.6 Å². The molecule has 2 aromatic rings. The second-order valence-corrected chi connectivity index (χ2v) is 3.89. The van der Waals surface area contributed by atoms with E-state index in [4.69, 9.17) is 5.11 Å². The van der Waals surface area contributed by atoms with E-state index >= 15 is 0 Å². The molecule has 0 aliphatic carbocycles. The zero-order chi connectivity index (χ0) is 13.8. The Balaban J connectivity index is 2.47. The first-order valence-corrected chi connectivity index (χ1v) is 5.53. The zero-order valence-corrected chi connectivity index (χ0v) is 9.81.